The summed E-state index contributed by atoms with van der Waals surface area (Å²) in [5.41, 5.74) is 0. The normalized spacial score (nSPS) is 12.8. The van der Waals surface area contributed by atoms with Gasteiger partial charge in [-0.05, 0) is 83.5 Å². The molecule has 0 spiro atoms. The minimum absolute atomic E-state index is 0.0919. The molecule has 0 aliphatic heterocycles. The largest absolute Gasteiger partial charge is 0.462 e. The molecule has 0 aromatic carbocycles. The third-order valence-electron chi connectivity index (χ3n) is 15.3. The molecule has 0 saturated heterocycles. The van der Waals surface area contributed by atoms with Crippen molar-refractivity contribution >= 4 is 17.9 Å². The predicted molar refractivity (Wildman–Crippen MR) is 362 cm³/mol. The minimum atomic E-state index is -0.801. The van der Waals surface area contributed by atoms with E-state index in [1.165, 1.54) is 193 Å². The first-order valence-corrected chi connectivity index (χ1v) is 35.4. The zero-order valence-corrected chi connectivity index (χ0v) is 54.7. The summed E-state index contributed by atoms with van der Waals surface area (Å²) in [6, 6.07) is 0. The van der Waals surface area contributed by atoms with E-state index in [1.54, 1.807) is 0 Å². The van der Waals surface area contributed by atoms with Gasteiger partial charge in [0.25, 0.3) is 0 Å². The van der Waals surface area contributed by atoms with Crippen LogP contribution in [0.3, 0.4) is 0 Å². The molecule has 0 aliphatic carbocycles. The Morgan fingerprint density at radius 2 is 0.470 bits per heavy atom. The van der Waals surface area contributed by atoms with Crippen molar-refractivity contribution in [3.05, 3.63) is 109 Å². The maximum absolute atomic E-state index is 13.0. The first kappa shape index (κ1) is 79.1. The lowest BCUT2D eigenvalue weighted by atomic mass is 10.0. The Balaban J connectivity index is 4.40. The average Bonchev–Trinajstić information content (AvgIpc) is 3.49. The Bertz CT molecular complexity index is 1660. The summed E-state index contributed by atoms with van der Waals surface area (Å²) in [4.78, 5) is 38.4. The van der Waals surface area contributed by atoms with Gasteiger partial charge in [0.15, 0.2) is 6.10 Å². The van der Waals surface area contributed by atoms with Crippen molar-refractivity contribution in [1.29, 1.82) is 0 Å². The SMILES string of the molecule is CC/C=C\C/C=C\C/C=C\C/C=C\C/C=C\C/C=C\C/C=C\C/C=C\C/C=C\CCCC(=O)OCC(COC(=O)CCCCCCCCCCCCCCCC)OC(=O)CCCCCCCCCCCCCCCCCCCCCCCC. The van der Waals surface area contributed by atoms with Crippen LogP contribution in [0.15, 0.2) is 109 Å². The molecule has 0 radical (unpaired) electrons. The van der Waals surface area contributed by atoms with Gasteiger partial charge < -0.3 is 14.2 Å². The summed E-state index contributed by atoms with van der Waals surface area (Å²) in [6.07, 6.45) is 96.9. The van der Waals surface area contributed by atoms with Crippen LogP contribution >= 0.6 is 0 Å². The van der Waals surface area contributed by atoms with Crippen LogP contribution in [0.2, 0.25) is 0 Å². The molecule has 476 valence electrons. The lowest BCUT2D eigenvalue weighted by Gasteiger charge is -2.18. The minimum Gasteiger partial charge on any atom is -0.462 e. The molecule has 6 nitrogen and oxygen atoms in total. The lowest BCUT2D eigenvalue weighted by molar-refractivity contribution is -0.167. The first-order chi connectivity index (χ1) is 41.0. The van der Waals surface area contributed by atoms with E-state index in [2.05, 4.69) is 130 Å². The van der Waals surface area contributed by atoms with Gasteiger partial charge in [0.2, 0.25) is 0 Å². The van der Waals surface area contributed by atoms with Crippen molar-refractivity contribution in [2.24, 2.45) is 0 Å². The van der Waals surface area contributed by atoms with E-state index < -0.39 is 6.10 Å². The van der Waals surface area contributed by atoms with Gasteiger partial charge in [-0.25, -0.2) is 0 Å². The standard InChI is InChI=1S/C77H132O6/c1-4-7-10-13-16-19-22-25-28-30-32-34-36-37-38-39-40-41-42-44-45-47-49-52-55-58-61-64-67-70-76(79)82-73-74(72-81-75(78)69-66-63-60-57-54-51-27-24-21-18-15-12-9-6-3)83-77(80)71-68-65-62-59-56-53-50-48-46-43-35-33-31-29-26-23-20-17-14-11-8-5-2/h7,10,16,19,25,28,32,34,37-38,40-41,44-45,49,52,58,61,74H,4-6,8-9,11-15,17-18,20-24,26-27,29-31,33,35-36,39,42-43,46-48,50-51,53-57,59-60,62-73H2,1-3H3/b10-7-,19-16-,28-25-,34-32-,38-37-,41-40-,45-44-,52-49-,61-58-. The maximum atomic E-state index is 13.0. The number of allylic oxidation sites excluding steroid dienone is 18. The summed E-state index contributed by atoms with van der Waals surface area (Å²) >= 11 is 0. The highest BCUT2D eigenvalue weighted by Gasteiger charge is 2.19. The Morgan fingerprint density at radius 1 is 0.253 bits per heavy atom. The molecule has 0 rings (SSSR count). The Labute approximate surface area is 514 Å². The predicted octanol–water partition coefficient (Wildman–Crippen LogP) is 24.6. The van der Waals surface area contributed by atoms with Gasteiger partial charge in [0, 0.05) is 19.3 Å². The second-order valence-electron chi connectivity index (χ2n) is 23.4. The Hall–Kier alpha value is -3.93. The quantitative estimate of drug-likeness (QED) is 0.0261. The maximum Gasteiger partial charge on any atom is 0.306 e. The van der Waals surface area contributed by atoms with Gasteiger partial charge >= 0.3 is 17.9 Å². The summed E-state index contributed by atoms with van der Waals surface area (Å²) in [5.74, 6) is -0.937. The van der Waals surface area contributed by atoms with Crippen LogP contribution in [-0.4, -0.2) is 37.2 Å². The van der Waals surface area contributed by atoms with E-state index in [0.717, 1.165) is 103 Å². The second-order valence-corrected chi connectivity index (χ2v) is 23.4. The van der Waals surface area contributed by atoms with Crippen LogP contribution in [0.4, 0.5) is 0 Å². The van der Waals surface area contributed by atoms with Crippen LogP contribution < -0.4 is 0 Å². The van der Waals surface area contributed by atoms with Crippen molar-refractivity contribution in [2.45, 2.75) is 348 Å². The monoisotopic (exact) mass is 1150 g/mol. The van der Waals surface area contributed by atoms with Gasteiger partial charge in [-0.2, -0.15) is 0 Å². The van der Waals surface area contributed by atoms with E-state index in [1.807, 2.05) is 0 Å². The number of carbonyl (C=O) groups is 3. The van der Waals surface area contributed by atoms with Gasteiger partial charge in [-0.3, -0.25) is 14.4 Å². The molecule has 0 heterocycles. The van der Waals surface area contributed by atoms with Crippen LogP contribution in [0.25, 0.3) is 0 Å². The molecule has 0 fully saturated rings. The van der Waals surface area contributed by atoms with E-state index in [9.17, 15) is 14.4 Å². The smallest absolute Gasteiger partial charge is 0.306 e. The van der Waals surface area contributed by atoms with E-state index in [4.69, 9.17) is 14.2 Å². The molecular formula is C77H132O6. The number of rotatable bonds is 64. The summed E-state index contributed by atoms with van der Waals surface area (Å²) in [5, 5.41) is 0. The zero-order chi connectivity index (χ0) is 59.9. The highest BCUT2D eigenvalue weighted by Crippen LogP contribution is 2.18. The van der Waals surface area contributed by atoms with Crippen molar-refractivity contribution in [3.63, 3.8) is 0 Å². The molecule has 0 aromatic heterocycles. The molecule has 1 unspecified atom stereocenters. The number of hydrogen-bond donors (Lipinski definition) is 0. The molecule has 1 atom stereocenters. The molecule has 0 bridgehead atoms. The highest BCUT2D eigenvalue weighted by molar-refractivity contribution is 5.71. The number of unbranched alkanes of at least 4 members (excludes halogenated alkanes) is 35. The second kappa shape index (κ2) is 70.6. The molecule has 83 heavy (non-hydrogen) atoms. The molecule has 0 aromatic rings. The number of ether oxygens (including phenoxy) is 3. The number of esters is 3. The van der Waals surface area contributed by atoms with E-state index in [-0.39, 0.29) is 37.5 Å². The van der Waals surface area contributed by atoms with Gasteiger partial charge in [-0.15, -0.1) is 0 Å². The van der Waals surface area contributed by atoms with Crippen molar-refractivity contribution < 1.29 is 28.6 Å². The van der Waals surface area contributed by atoms with Gasteiger partial charge in [0.1, 0.15) is 13.2 Å². The fraction of sp³-hybridized carbons (Fsp3) is 0.727. The highest BCUT2D eigenvalue weighted by atomic mass is 16.6. The average molecular weight is 1150 g/mol. The third kappa shape index (κ3) is 68.7. The fourth-order valence-corrected chi connectivity index (χ4v) is 10.0. The molecule has 0 N–H and O–H groups in total. The van der Waals surface area contributed by atoms with Crippen LogP contribution in [0, 0.1) is 0 Å². The fourth-order valence-electron chi connectivity index (χ4n) is 10.0. The summed E-state index contributed by atoms with van der Waals surface area (Å²) in [7, 11) is 0. The van der Waals surface area contributed by atoms with Gasteiger partial charge in [-0.1, -0.05) is 348 Å². The number of hydrogen-bond acceptors (Lipinski definition) is 6. The molecule has 0 amide bonds. The van der Waals surface area contributed by atoms with E-state index in [0.29, 0.717) is 19.3 Å². The van der Waals surface area contributed by atoms with Crippen LogP contribution in [0.1, 0.15) is 342 Å². The van der Waals surface area contributed by atoms with Crippen LogP contribution in [0.5, 0.6) is 0 Å². The van der Waals surface area contributed by atoms with Gasteiger partial charge in [0.05, 0.1) is 0 Å². The zero-order valence-electron chi connectivity index (χ0n) is 54.7. The third-order valence-corrected chi connectivity index (χ3v) is 15.3. The molecule has 6 heteroatoms. The van der Waals surface area contributed by atoms with Crippen LogP contribution in [-0.2, 0) is 28.6 Å². The lowest BCUT2D eigenvalue weighted by Crippen LogP contribution is -2.30. The Kier molecular flexibility index (Phi) is 67.2. The Morgan fingerprint density at radius 3 is 0.735 bits per heavy atom. The van der Waals surface area contributed by atoms with Crippen molar-refractivity contribution in [1.82, 2.24) is 0 Å². The topological polar surface area (TPSA) is 78.9 Å². The van der Waals surface area contributed by atoms with E-state index >= 15 is 0 Å². The number of carbonyl (C=O) groups excluding carboxylic acids is 3. The molecular weight excluding hydrogens is 1020 g/mol. The molecule has 0 saturated carbocycles. The molecule has 0 aliphatic rings. The summed E-state index contributed by atoms with van der Waals surface area (Å²) < 4.78 is 16.9. The first-order valence-electron chi connectivity index (χ1n) is 35.4. The van der Waals surface area contributed by atoms with Crippen molar-refractivity contribution in [3.8, 4) is 0 Å². The summed E-state index contributed by atoms with van der Waals surface area (Å²) in [6.45, 7) is 6.53. The van der Waals surface area contributed by atoms with Crippen molar-refractivity contribution in [2.75, 3.05) is 13.2 Å².